The van der Waals surface area contributed by atoms with Crippen LogP contribution in [0.25, 0.3) is 0 Å². The van der Waals surface area contributed by atoms with E-state index in [2.05, 4.69) is 15.3 Å². The maximum absolute atomic E-state index is 12.7. The predicted octanol–water partition coefficient (Wildman–Crippen LogP) is 3.80. The van der Waals surface area contributed by atoms with Gasteiger partial charge in [-0.25, -0.2) is 4.98 Å². The van der Waals surface area contributed by atoms with E-state index in [1.165, 1.54) is 0 Å². The minimum Gasteiger partial charge on any atom is -0.349 e. The number of hydrogen-bond acceptors (Lipinski definition) is 4. The molecule has 2 aromatic rings. The number of carbonyl (C=O) groups is 1. The molecule has 0 fully saturated rings. The Labute approximate surface area is 156 Å². The molecule has 1 aromatic carbocycles. The second-order valence-corrected chi connectivity index (χ2v) is 6.70. The summed E-state index contributed by atoms with van der Waals surface area (Å²) in [6.45, 7) is 1.89. The van der Waals surface area contributed by atoms with E-state index >= 15 is 0 Å². The van der Waals surface area contributed by atoms with Crippen LogP contribution in [0.5, 0.6) is 0 Å². The molecule has 0 spiro atoms. The largest absolute Gasteiger partial charge is 0.433 e. The topological polar surface area (TPSA) is 74.8 Å². The molecule has 2 rings (SSSR count). The molecule has 0 saturated heterocycles. The molecule has 26 heavy (non-hydrogen) atoms. The molecular formula is C16H15ClF3N3O2S. The fraction of sp³-hybridized carbons (Fsp3) is 0.312. The van der Waals surface area contributed by atoms with E-state index in [9.17, 15) is 22.8 Å². The highest BCUT2D eigenvalue weighted by Crippen LogP contribution is 2.27. The normalized spacial score (nSPS) is 12.7. The average Bonchev–Trinajstić information content (AvgIpc) is 2.57. The average molecular weight is 406 g/mol. The zero-order chi connectivity index (χ0) is 19.3. The van der Waals surface area contributed by atoms with Crippen LogP contribution in [0.1, 0.15) is 30.6 Å². The molecule has 1 atom stereocenters. The summed E-state index contributed by atoms with van der Waals surface area (Å²) in [5.74, 6) is -0.578. The van der Waals surface area contributed by atoms with Gasteiger partial charge in [-0.3, -0.25) is 9.59 Å². The lowest BCUT2D eigenvalue weighted by Crippen LogP contribution is -2.29. The molecule has 1 amide bonds. The van der Waals surface area contributed by atoms with Crippen molar-refractivity contribution in [3.8, 4) is 0 Å². The molecule has 0 aliphatic rings. The Hall–Kier alpha value is -2.00. The monoisotopic (exact) mass is 405 g/mol. The van der Waals surface area contributed by atoms with Crippen LogP contribution in [-0.2, 0) is 11.0 Å². The fourth-order valence-corrected chi connectivity index (χ4v) is 2.95. The minimum absolute atomic E-state index is 0.186. The van der Waals surface area contributed by atoms with E-state index < -0.39 is 23.3 Å². The van der Waals surface area contributed by atoms with Crippen molar-refractivity contribution in [1.82, 2.24) is 15.3 Å². The summed E-state index contributed by atoms with van der Waals surface area (Å²) >= 11 is 6.56. The van der Waals surface area contributed by atoms with Gasteiger partial charge in [0.2, 0.25) is 5.91 Å². The van der Waals surface area contributed by atoms with E-state index in [0.29, 0.717) is 17.5 Å². The Morgan fingerprint density at radius 3 is 2.58 bits per heavy atom. The summed E-state index contributed by atoms with van der Waals surface area (Å²) < 4.78 is 38.0. The van der Waals surface area contributed by atoms with Gasteiger partial charge in [0.1, 0.15) is 0 Å². The van der Waals surface area contributed by atoms with Gasteiger partial charge in [0, 0.05) is 11.1 Å². The Kier molecular flexibility index (Phi) is 6.71. The lowest BCUT2D eigenvalue weighted by molar-refractivity contribution is -0.141. The Morgan fingerprint density at radius 1 is 1.35 bits per heavy atom. The minimum atomic E-state index is -4.73. The molecule has 0 aliphatic carbocycles. The molecule has 0 bridgehead atoms. The number of aromatic amines is 1. The van der Waals surface area contributed by atoms with E-state index in [1.807, 2.05) is 6.92 Å². The number of thioether (sulfide) groups is 1. The number of nitrogens with zero attached hydrogens (tertiary/aromatic N) is 1. The number of alkyl halides is 3. The number of carbonyl (C=O) groups excluding carboxylic acids is 1. The second kappa shape index (κ2) is 8.59. The van der Waals surface area contributed by atoms with Crippen LogP contribution in [0.2, 0.25) is 5.02 Å². The molecule has 1 heterocycles. The molecule has 5 nitrogen and oxygen atoms in total. The summed E-state index contributed by atoms with van der Waals surface area (Å²) in [6.07, 6.45) is -4.11. The van der Waals surface area contributed by atoms with Gasteiger partial charge in [0.25, 0.3) is 5.56 Å². The predicted molar refractivity (Wildman–Crippen MR) is 93.2 cm³/mol. The summed E-state index contributed by atoms with van der Waals surface area (Å²) in [7, 11) is 0. The van der Waals surface area contributed by atoms with Gasteiger partial charge in [-0.15, -0.1) is 0 Å². The summed E-state index contributed by atoms with van der Waals surface area (Å²) in [5.41, 5.74) is -1.36. The van der Waals surface area contributed by atoms with Crippen molar-refractivity contribution in [2.24, 2.45) is 0 Å². The Bertz CT molecular complexity index is 825. The molecule has 1 aromatic heterocycles. The maximum Gasteiger partial charge on any atom is 0.433 e. The van der Waals surface area contributed by atoms with Crippen molar-refractivity contribution in [3.63, 3.8) is 0 Å². The van der Waals surface area contributed by atoms with Gasteiger partial charge in [0.05, 0.1) is 11.8 Å². The van der Waals surface area contributed by atoms with Crippen molar-refractivity contribution in [3.05, 3.63) is 57.0 Å². The first-order chi connectivity index (χ1) is 12.2. The van der Waals surface area contributed by atoms with Crippen LogP contribution >= 0.6 is 23.4 Å². The molecule has 1 unspecified atom stereocenters. The van der Waals surface area contributed by atoms with Crippen molar-refractivity contribution in [2.75, 3.05) is 5.75 Å². The van der Waals surface area contributed by atoms with E-state index in [4.69, 9.17) is 11.6 Å². The third-order valence-corrected chi connectivity index (χ3v) is 4.49. The molecule has 0 radical (unpaired) electrons. The standard InChI is InChI=1S/C16H15ClF3N3O2S/c1-2-11(9-3-5-10(17)6-4-9)21-14(25)8-26-15-22-12(16(18,19)20)7-13(24)23-15/h3-7,11H,2,8H2,1H3,(H,21,25)(H,22,23,24). The highest BCUT2D eigenvalue weighted by molar-refractivity contribution is 7.99. The third-order valence-electron chi connectivity index (χ3n) is 3.37. The summed E-state index contributed by atoms with van der Waals surface area (Å²) in [4.78, 5) is 28.9. The fourth-order valence-electron chi connectivity index (χ4n) is 2.13. The van der Waals surface area contributed by atoms with Crippen molar-refractivity contribution >= 4 is 29.3 Å². The first-order valence-electron chi connectivity index (χ1n) is 7.55. The zero-order valence-corrected chi connectivity index (χ0v) is 15.1. The number of amides is 1. The van der Waals surface area contributed by atoms with Gasteiger partial charge in [0.15, 0.2) is 10.9 Å². The molecule has 2 N–H and O–H groups in total. The highest BCUT2D eigenvalue weighted by Gasteiger charge is 2.33. The van der Waals surface area contributed by atoms with Crippen LogP contribution < -0.4 is 10.9 Å². The van der Waals surface area contributed by atoms with Crippen LogP contribution in [0.15, 0.2) is 40.3 Å². The molecule has 10 heteroatoms. The van der Waals surface area contributed by atoms with Crippen molar-refractivity contribution < 1.29 is 18.0 Å². The highest BCUT2D eigenvalue weighted by atomic mass is 35.5. The smallest absolute Gasteiger partial charge is 0.349 e. The van der Waals surface area contributed by atoms with Crippen molar-refractivity contribution in [2.45, 2.75) is 30.7 Å². The summed E-state index contributed by atoms with van der Waals surface area (Å²) in [6, 6.07) is 7.10. The molecule has 0 saturated carbocycles. The Morgan fingerprint density at radius 2 is 2.00 bits per heavy atom. The van der Waals surface area contributed by atoms with Crippen LogP contribution in [0.3, 0.4) is 0 Å². The lowest BCUT2D eigenvalue weighted by Gasteiger charge is -2.17. The maximum atomic E-state index is 12.7. The lowest BCUT2D eigenvalue weighted by atomic mass is 10.0. The Balaban J connectivity index is 2.01. The zero-order valence-electron chi connectivity index (χ0n) is 13.6. The molecule has 140 valence electrons. The van der Waals surface area contributed by atoms with Crippen LogP contribution in [0.4, 0.5) is 13.2 Å². The first kappa shape index (κ1) is 20.3. The van der Waals surface area contributed by atoms with Gasteiger partial charge in [-0.05, 0) is 24.1 Å². The number of nitrogens with one attached hydrogen (secondary N) is 2. The first-order valence-corrected chi connectivity index (χ1v) is 8.91. The van der Waals surface area contributed by atoms with Gasteiger partial charge < -0.3 is 10.3 Å². The third kappa shape index (κ3) is 5.77. The number of aromatic nitrogens is 2. The summed E-state index contributed by atoms with van der Waals surface area (Å²) in [5, 5.41) is 3.10. The number of benzene rings is 1. The van der Waals surface area contributed by atoms with Gasteiger partial charge in [-0.1, -0.05) is 42.4 Å². The SMILES string of the molecule is CCC(NC(=O)CSc1nc(C(F)(F)F)cc(=O)[nH]1)c1ccc(Cl)cc1. The number of rotatable bonds is 6. The van der Waals surface area contributed by atoms with E-state index in [-0.39, 0.29) is 17.0 Å². The van der Waals surface area contributed by atoms with Gasteiger partial charge in [-0.2, -0.15) is 13.2 Å². The van der Waals surface area contributed by atoms with Crippen LogP contribution in [0, 0.1) is 0 Å². The quantitative estimate of drug-likeness (QED) is 0.566. The van der Waals surface area contributed by atoms with Crippen molar-refractivity contribution in [1.29, 1.82) is 0 Å². The molecule has 0 aliphatic heterocycles. The van der Waals surface area contributed by atoms with Crippen LogP contribution in [-0.4, -0.2) is 21.6 Å². The number of hydrogen-bond donors (Lipinski definition) is 2. The van der Waals surface area contributed by atoms with E-state index in [1.54, 1.807) is 24.3 Å². The van der Waals surface area contributed by atoms with Gasteiger partial charge >= 0.3 is 6.18 Å². The second-order valence-electron chi connectivity index (χ2n) is 5.30. The van der Waals surface area contributed by atoms with E-state index in [0.717, 1.165) is 17.3 Å². The number of halogens is 4. The molecular weight excluding hydrogens is 391 g/mol. The number of H-pyrrole nitrogens is 1.